The first kappa shape index (κ1) is 14.2. The van der Waals surface area contributed by atoms with Gasteiger partial charge in [0.15, 0.2) is 0 Å². The molecule has 2 aromatic rings. The van der Waals surface area contributed by atoms with Crippen molar-refractivity contribution >= 4 is 28.6 Å². The number of thiophene rings is 2. The fourth-order valence-corrected chi connectivity index (χ4v) is 3.66. The van der Waals surface area contributed by atoms with E-state index in [1.165, 1.54) is 21.1 Å². The van der Waals surface area contributed by atoms with Crippen molar-refractivity contribution in [3.63, 3.8) is 0 Å². The predicted octanol–water partition coefficient (Wildman–Crippen LogP) is 3.54. The lowest BCUT2D eigenvalue weighted by Crippen LogP contribution is -2.26. The summed E-state index contributed by atoms with van der Waals surface area (Å²) < 4.78 is 0. The maximum absolute atomic E-state index is 10.8. The Morgan fingerprint density at radius 3 is 2.79 bits per heavy atom. The number of carboxylic acid groups (broad SMARTS) is 1. The third-order valence-electron chi connectivity index (χ3n) is 2.83. The Kier molecular flexibility index (Phi) is 4.74. The average Bonchev–Trinajstić information content (AvgIpc) is 2.96. The second-order valence-electron chi connectivity index (χ2n) is 4.61. The third-order valence-corrected chi connectivity index (χ3v) is 4.79. The molecule has 19 heavy (non-hydrogen) atoms. The van der Waals surface area contributed by atoms with Crippen LogP contribution in [0.4, 0.5) is 0 Å². The van der Waals surface area contributed by atoms with E-state index in [2.05, 4.69) is 31.3 Å². The van der Waals surface area contributed by atoms with Crippen LogP contribution in [0.1, 0.15) is 31.9 Å². The van der Waals surface area contributed by atoms with Gasteiger partial charge in [0.2, 0.25) is 0 Å². The van der Waals surface area contributed by atoms with E-state index >= 15 is 0 Å². The summed E-state index contributed by atoms with van der Waals surface area (Å²) >= 11 is 3.32. The van der Waals surface area contributed by atoms with Crippen LogP contribution in [0.3, 0.4) is 0 Å². The molecule has 0 fully saturated rings. The number of hydrogen-bond donors (Lipinski definition) is 2. The van der Waals surface area contributed by atoms with Crippen LogP contribution in [0.2, 0.25) is 0 Å². The quantitative estimate of drug-likeness (QED) is 0.857. The van der Waals surface area contributed by atoms with Crippen LogP contribution >= 0.6 is 22.7 Å². The molecule has 2 aromatic heterocycles. The second kappa shape index (κ2) is 6.32. The van der Waals surface area contributed by atoms with E-state index in [9.17, 15) is 4.79 Å². The molecule has 0 aliphatic heterocycles. The van der Waals surface area contributed by atoms with E-state index in [0.29, 0.717) is 11.6 Å². The highest BCUT2D eigenvalue weighted by Gasteiger charge is 2.08. The number of rotatable bonds is 6. The Morgan fingerprint density at radius 2 is 2.21 bits per heavy atom. The lowest BCUT2D eigenvalue weighted by Gasteiger charge is -2.11. The number of aryl methyl sites for hydroxylation is 1. The van der Waals surface area contributed by atoms with Gasteiger partial charge in [-0.25, -0.2) is 4.79 Å². The third kappa shape index (κ3) is 4.16. The number of hydrogen-bond acceptors (Lipinski definition) is 4. The molecule has 2 rings (SSSR count). The molecule has 0 saturated carbocycles. The number of carboxylic acids is 1. The summed E-state index contributed by atoms with van der Waals surface area (Å²) in [6.07, 6.45) is 1.01. The molecule has 5 heteroatoms. The van der Waals surface area contributed by atoms with Crippen molar-refractivity contribution in [2.24, 2.45) is 0 Å². The van der Waals surface area contributed by atoms with E-state index in [4.69, 9.17) is 5.11 Å². The molecule has 2 N–H and O–H groups in total. The summed E-state index contributed by atoms with van der Waals surface area (Å²) in [4.78, 5) is 14.6. The summed E-state index contributed by atoms with van der Waals surface area (Å²) in [5.41, 5.74) is 0.378. The summed E-state index contributed by atoms with van der Waals surface area (Å²) in [5, 5.41) is 14.0. The molecule has 0 spiro atoms. The van der Waals surface area contributed by atoms with Crippen LogP contribution in [0.5, 0.6) is 0 Å². The summed E-state index contributed by atoms with van der Waals surface area (Å²) in [6.45, 7) is 5.00. The largest absolute Gasteiger partial charge is 0.478 e. The second-order valence-corrected chi connectivity index (χ2v) is 6.97. The first-order valence-electron chi connectivity index (χ1n) is 6.14. The van der Waals surface area contributed by atoms with Gasteiger partial charge >= 0.3 is 5.97 Å². The molecule has 0 aliphatic rings. The molecule has 0 saturated heterocycles. The summed E-state index contributed by atoms with van der Waals surface area (Å²) in [5.74, 6) is -0.857. The predicted molar refractivity (Wildman–Crippen MR) is 80.3 cm³/mol. The summed E-state index contributed by atoms with van der Waals surface area (Å²) in [6, 6.07) is 6.44. The molecule has 0 bridgehead atoms. The maximum atomic E-state index is 10.8. The maximum Gasteiger partial charge on any atom is 0.336 e. The molecular formula is C14H17NO2S2. The molecular weight excluding hydrogens is 278 g/mol. The van der Waals surface area contributed by atoms with Gasteiger partial charge in [0, 0.05) is 32.6 Å². The standard InChI is InChI=1S/C14H17NO2S2/c1-9(5-12-4-3-10(2)19-12)15-7-13-6-11(8-18-13)14(16)17/h3-4,6,8-9,15H,5,7H2,1-2H3,(H,16,17). The molecule has 0 radical (unpaired) electrons. The first-order chi connectivity index (χ1) is 9.04. The highest BCUT2D eigenvalue weighted by Crippen LogP contribution is 2.18. The van der Waals surface area contributed by atoms with Gasteiger partial charge in [0.25, 0.3) is 0 Å². The minimum Gasteiger partial charge on any atom is -0.478 e. The topological polar surface area (TPSA) is 49.3 Å². The van der Waals surface area contributed by atoms with Gasteiger partial charge in [-0.1, -0.05) is 0 Å². The SMILES string of the molecule is Cc1ccc(CC(C)NCc2cc(C(=O)O)cs2)s1. The van der Waals surface area contributed by atoms with Gasteiger partial charge in [-0.2, -0.15) is 0 Å². The van der Waals surface area contributed by atoms with Crippen LogP contribution in [-0.2, 0) is 13.0 Å². The van der Waals surface area contributed by atoms with E-state index in [-0.39, 0.29) is 0 Å². The van der Waals surface area contributed by atoms with Crippen LogP contribution in [0.25, 0.3) is 0 Å². The molecule has 2 heterocycles. The van der Waals surface area contributed by atoms with Crippen LogP contribution in [0, 0.1) is 6.92 Å². The van der Waals surface area contributed by atoms with Gasteiger partial charge in [0.05, 0.1) is 5.56 Å². The van der Waals surface area contributed by atoms with Crippen LogP contribution < -0.4 is 5.32 Å². The fraction of sp³-hybridized carbons (Fsp3) is 0.357. The van der Waals surface area contributed by atoms with E-state index in [0.717, 1.165) is 17.8 Å². The molecule has 3 nitrogen and oxygen atoms in total. The van der Waals surface area contributed by atoms with Crippen molar-refractivity contribution in [2.75, 3.05) is 0 Å². The lowest BCUT2D eigenvalue weighted by atomic mass is 10.2. The molecule has 1 unspecified atom stereocenters. The highest BCUT2D eigenvalue weighted by molar-refractivity contribution is 7.11. The van der Waals surface area contributed by atoms with Gasteiger partial charge in [-0.3, -0.25) is 0 Å². The van der Waals surface area contributed by atoms with Gasteiger partial charge in [-0.05, 0) is 38.5 Å². The Bertz CT molecular complexity index is 559. The van der Waals surface area contributed by atoms with Gasteiger partial charge in [-0.15, -0.1) is 22.7 Å². The van der Waals surface area contributed by atoms with E-state index in [1.807, 2.05) is 11.3 Å². The molecule has 102 valence electrons. The van der Waals surface area contributed by atoms with Crippen molar-refractivity contribution in [1.29, 1.82) is 0 Å². The Balaban J connectivity index is 1.82. The van der Waals surface area contributed by atoms with Crippen molar-refractivity contribution in [3.8, 4) is 0 Å². The minimum atomic E-state index is -0.857. The van der Waals surface area contributed by atoms with Crippen LogP contribution in [0.15, 0.2) is 23.6 Å². The lowest BCUT2D eigenvalue weighted by molar-refractivity contribution is 0.0697. The first-order valence-corrected chi connectivity index (χ1v) is 7.83. The monoisotopic (exact) mass is 295 g/mol. The molecule has 1 atom stereocenters. The fourth-order valence-electron chi connectivity index (χ4n) is 1.83. The zero-order chi connectivity index (χ0) is 13.8. The molecule has 0 aliphatic carbocycles. The zero-order valence-corrected chi connectivity index (χ0v) is 12.6. The van der Waals surface area contributed by atoms with Crippen molar-refractivity contribution < 1.29 is 9.90 Å². The molecule has 0 amide bonds. The number of nitrogens with one attached hydrogen (secondary N) is 1. The molecule has 0 aromatic carbocycles. The van der Waals surface area contributed by atoms with Crippen molar-refractivity contribution in [3.05, 3.63) is 43.8 Å². The smallest absolute Gasteiger partial charge is 0.336 e. The van der Waals surface area contributed by atoms with Gasteiger partial charge in [0.1, 0.15) is 0 Å². The summed E-state index contributed by atoms with van der Waals surface area (Å²) in [7, 11) is 0. The Morgan fingerprint density at radius 1 is 1.42 bits per heavy atom. The van der Waals surface area contributed by atoms with Crippen molar-refractivity contribution in [1.82, 2.24) is 5.32 Å². The average molecular weight is 295 g/mol. The number of aromatic carboxylic acids is 1. The van der Waals surface area contributed by atoms with Crippen LogP contribution in [-0.4, -0.2) is 17.1 Å². The normalized spacial score (nSPS) is 12.5. The van der Waals surface area contributed by atoms with Gasteiger partial charge < -0.3 is 10.4 Å². The van der Waals surface area contributed by atoms with E-state index < -0.39 is 5.97 Å². The number of carbonyl (C=O) groups is 1. The minimum absolute atomic E-state index is 0.378. The highest BCUT2D eigenvalue weighted by atomic mass is 32.1. The van der Waals surface area contributed by atoms with Crippen molar-refractivity contribution in [2.45, 2.75) is 32.9 Å². The Labute approximate surface area is 120 Å². The Hall–Kier alpha value is -1.17. The van der Waals surface area contributed by atoms with E-state index in [1.54, 1.807) is 11.4 Å². The zero-order valence-electron chi connectivity index (χ0n) is 11.0.